The molecular weight excluding hydrogens is 413 g/mol. The number of carbonyl (C=O) groups excluding carboxylic acids is 2. The van der Waals surface area contributed by atoms with Crippen molar-refractivity contribution in [2.24, 2.45) is 0 Å². The second-order valence-electron chi connectivity index (χ2n) is 9.91. The number of hydrogen-bond donors (Lipinski definition) is 0. The van der Waals surface area contributed by atoms with E-state index in [1.807, 2.05) is 34.6 Å². The van der Waals surface area contributed by atoms with Gasteiger partial charge in [-0.25, -0.2) is 9.59 Å². The van der Waals surface area contributed by atoms with E-state index < -0.39 is 36.0 Å². The molecule has 2 rings (SSSR count). The molecule has 32 heavy (non-hydrogen) atoms. The van der Waals surface area contributed by atoms with E-state index in [2.05, 4.69) is 4.98 Å². The topological polar surface area (TPSA) is 93.2 Å². The summed E-state index contributed by atoms with van der Waals surface area (Å²) in [5, 5.41) is 0. The molecule has 0 spiro atoms. The molecule has 0 bridgehead atoms. The van der Waals surface area contributed by atoms with Crippen molar-refractivity contribution in [3.8, 4) is 5.75 Å². The summed E-state index contributed by atoms with van der Waals surface area (Å²) >= 11 is 0. The molecule has 1 saturated heterocycles. The zero-order valence-electron chi connectivity index (χ0n) is 20.6. The summed E-state index contributed by atoms with van der Waals surface area (Å²) in [7, 11) is -0.448. The molecule has 0 amide bonds. The van der Waals surface area contributed by atoms with E-state index in [1.54, 1.807) is 20.8 Å². The van der Waals surface area contributed by atoms with E-state index in [4.69, 9.17) is 23.5 Å². The van der Waals surface area contributed by atoms with Crippen LogP contribution in [0.5, 0.6) is 5.75 Å². The maximum Gasteiger partial charge on any atom is 0.514 e. The molecule has 0 saturated carbocycles. The Labute approximate surface area is 191 Å². The van der Waals surface area contributed by atoms with Crippen LogP contribution in [0.1, 0.15) is 84.3 Å². The van der Waals surface area contributed by atoms with Gasteiger partial charge in [-0.15, -0.1) is 0 Å². The fourth-order valence-electron chi connectivity index (χ4n) is 3.02. The van der Waals surface area contributed by atoms with Gasteiger partial charge in [0, 0.05) is 6.20 Å². The zero-order chi connectivity index (χ0) is 24.2. The number of aryl methyl sites for hydroxylation is 1. The minimum absolute atomic E-state index is 0.0414. The van der Waals surface area contributed by atoms with Crippen LogP contribution in [0.15, 0.2) is 12.3 Å². The van der Waals surface area contributed by atoms with Crippen LogP contribution >= 0.6 is 0 Å². The highest BCUT2D eigenvalue weighted by molar-refractivity contribution is 6.45. The maximum atomic E-state index is 12.7. The van der Waals surface area contributed by atoms with Gasteiger partial charge in [-0.05, 0) is 73.7 Å². The van der Waals surface area contributed by atoms with E-state index in [0.29, 0.717) is 18.4 Å². The van der Waals surface area contributed by atoms with Crippen molar-refractivity contribution in [2.75, 3.05) is 6.61 Å². The monoisotopic (exact) mass is 449 g/mol. The van der Waals surface area contributed by atoms with Crippen LogP contribution in [0.4, 0.5) is 4.79 Å². The van der Waals surface area contributed by atoms with Crippen molar-refractivity contribution in [1.29, 1.82) is 0 Å². The summed E-state index contributed by atoms with van der Waals surface area (Å²) in [4.78, 5) is 29.4. The van der Waals surface area contributed by atoms with Gasteiger partial charge in [0.2, 0.25) is 0 Å². The van der Waals surface area contributed by atoms with Crippen molar-refractivity contribution in [2.45, 2.75) is 97.8 Å². The molecule has 0 aromatic carbocycles. The lowest BCUT2D eigenvalue weighted by atomic mass is 9.82. The van der Waals surface area contributed by atoms with Crippen LogP contribution in [0.25, 0.3) is 0 Å². The molecular formula is C23H36BNO7. The van der Waals surface area contributed by atoms with Gasteiger partial charge in [0.05, 0.1) is 23.5 Å². The summed E-state index contributed by atoms with van der Waals surface area (Å²) in [5.41, 5.74) is -1.09. The van der Waals surface area contributed by atoms with Crippen molar-refractivity contribution >= 4 is 19.2 Å². The van der Waals surface area contributed by atoms with Gasteiger partial charge in [-0.2, -0.15) is 0 Å². The molecule has 9 heteroatoms. The average Bonchev–Trinajstić information content (AvgIpc) is 2.86. The highest BCUT2D eigenvalue weighted by Crippen LogP contribution is 2.38. The Hall–Kier alpha value is -2.13. The second-order valence-corrected chi connectivity index (χ2v) is 9.91. The Morgan fingerprint density at radius 1 is 1.12 bits per heavy atom. The van der Waals surface area contributed by atoms with E-state index >= 15 is 0 Å². The zero-order valence-corrected chi connectivity index (χ0v) is 20.6. The van der Waals surface area contributed by atoms with Crippen LogP contribution in [-0.4, -0.2) is 47.6 Å². The Morgan fingerprint density at radius 2 is 1.75 bits per heavy atom. The molecule has 1 aliphatic rings. The largest absolute Gasteiger partial charge is 0.514 e. The van der Waals surface area contributed by atoms with E-state index in [1.165, 1.54) is 12.3 Å². The quantitative estimate of drug-likeness (QED) is 0.311. The smallest absolute Gasteiger partial charge is 0.462 e. The number of esters is 1. The van der Waals surface area contributed by atoms with Crippen LogP contribution in [0.3, 0.4) is 0 Å². The van der Waals surface area contributed by atoms with Crippen LogP contribution in [0, 0.1) is 0 Å². The molecule has 0 N–H and O–H groups in total. The Bertz CT molecular complexity index is 801. The lowest BCUT2D eigenvalue weighted by Crippen LogP contribution is -2.41. The van der Waals surface area contributed by atoms with E-state index in [0.717, 1.165) is 12.8 Å². The van der Waals surface area contributed by atoms with Gasteiger partial charge in [0.15, 0.2) is 5.75 Å². The minimum atomic E-state index is -0.912. The standard InChI is InChI=1S/C23H36BNO7/c1-9-10-15-28-19(26)16-12-14-25-17(18(16)29-20(27)30-21(2,3)4)11-13-24-31-22(5,6)23(7,8)32-24/h12,14H,9-11,13,15H2,1-8H3. The van der Waals surface area contributed by atoms with Gasteiger partial charge in [0.25, 0.3) is 0 Å². The average molecular weight is 449 g/mol. The molecule has 0 radical (unpaired) electrons. The summed E-state index contributed by atoms with van der Waals surface area (Å²) in [6.45, 7) is 15.4. The second kappa shape index (κ2) is 10.2. The summed E-state index contributed by atoms with van der Waals surface area (Å²) in [6.07, 6.45) is 3.06. The highest BCUT2D eigenvalue weighted by Gasteiger charge is 2.50. The lowest BCUT2D eigenvalue weighted by Gasteiger charge is -2.32. The Morgan fingerprint density at radius 3 is 2.31 bits per heavy atom. The van der Waals surface area contributed by atoms with Crippen molar-refractivity contribution in [1.82, 2.24) is 4.98 Å². The SMILES string of the molecule is CCCCOC(=O)c1ccnc(CCB2OC(C)(C)C(C)(C)O2)c1OC(=O)OC(C)(C)C. The predicted molar refractivity (Wildman–Crippen MR) is 121 cm³/mol. The summed E-state index contributed by atoms with van der Waals surface area (Å²) in [6, 6.07) is 1.48. The lowest BCUT2D eigenvalue weighted by molar-refractivity contribution is 0.00578. The fraction of sp³-hybridized carbons (Fsp3) is 0.696. The molecule has 1 fully saturated rings. The number of ether oxygens (including phenoxy) is 3. The van der Waals surface area contributed by atoms with Crippen molar-refractivity contribution in [3.63, 3.8) is 0 Å². The molecule has 178 valence electrons. The number of pyridine rings is 1. The summed E-state index contributed by atoms with van der Waals surface area (Å²) in [5.74, 6) is -0.531. The van der Waals surface area contributed by atoms with Crippen LogP contribution in [-0.2, 0) is 25.2 Å². The number of rotatable bonds is 8. The van der Waals surface area contributed by atoms with Gasteiger partial charge in [-0.1, -0.05) is 13.3 Å². The Kier molecular flexibility index (Phi) is 8.34. The van der Waals surface area contributed by atoms with E-state index in [9.17, 15) is 9.59 Å². The number of carbonyl (C=O) groups is 2. The number of unbranched alkanes of at least 4 members (excludes halogenated alkanes) is 1. The molecule has 8 nitrogen and oxygen atoms in total. The molecule has 1 aromatic heterocycles. The first-order chi connectivity index (χ1) is 14.8. The Balaban J connectivity index is 2.24. The maximum absolute atomic E-state index is 12.7. The highest BCUT2D eigenvalue weighted by atomic mass is 16.7. The summed E-state index contributed by atoms with van der Waals surface area (Å²) < 4.78 is 28.2. The third-order valence-corrected chi connectivity index (χ3v) is 5.42. The minimum Gasteiger partial charge on any atom is -0.462 e. The van der Waals surface area contributed by atoms with Gasteiger partial charge in [0.1, 0.15) is 11.2 Å². The third kappa shape index (κ3) is 6.94. The predicted octanol–water partition coefficient (Wildman–Crippen LogP) is 4.99. The molecule has 1 aliphatic heterocycles. The molecule has 1 aromatic rings. The van der Waals surface area contributed by atoms with Gasteiger partial charge >= 0.3 is 19.2 Å². The fourth-order valence-corrected chi connectivity index (χ4v) is 3.02. The van der Waals surface area contributed by atoms with E-state index in [-0.39, 0.29) is 17.9 Å². The molecule has 0 unspecified atom stereocenters. The number of aromatic nitrogens is 1. The third-order valence-electron chi connectivity index (χ3n) is 5.42. The van der Waals surface area contributed by atoms with Crippen LogP contribution in [0.2, 0.25) is 6.32 Å². The van der Waals surface area contributed by atoms with Gasteiger partial charge in [-0.3, -0.25) is 4.98 Å². The first-order valence-corrected chi connectivity index (χ1v) is 11.2. The number of nitrogens with zero attached hydrogens (tertiary/aromatic N) is 1. The molecule has 0 atom stereocenters. The van der Waals surface area contributed by atoms with Crippen LogP contribution < -0.4 is 4.74 Å². The normalized spacial score (nSPS) is 17.2. The first kappa shape index (κ1) is 26.1. The van der Waals surface area contributed by atoms with Gasteiger partial charge < -0.3 is 23.5 Å². The first-order valence-electron chi connectivity index (χ1n) is 11.2. The molecule has 2 heterocycles. The van der Waals surface area contributed by atoms with Crippen molar-refractivity contribution < 1.29 is 33.1 Å². The molecule has 0 aliphatic carbocycles. The number of hydrogen-bond acceptors (Lipinski definition) is 8. The van der Waals surface area contributed by atoms with Crippen molar-refractivity contribution in [3.05, 3.63) is 23.5 Å².